The molecule has 0 bridgehead atoms. The molecule has 5 aromatic heterocycles. The van der Waals surface area contributed by atoms with Crippen LogP contribution in [-0.2, 0) is 0 Å². The minimum absolute atomic E-state index is 0.870. The maximum Gasteiger partial charge on any atom is 0.135 e. The van der Waals surface area contributed by atoms with Gasteiger partial charge in [-0.15, -0.1) is 11.3 Å². The van der Waals surface area contributed by atoms with Crippen LogP contribution in [0, 0.1) is 0 Å². The van der Waals surface area contributed by atoms with Crippen LogP contribution in [0.1, 0.15) is 0 Å². The summed E-state index contributed by atoms with van der Waals surface area (Å²) in [4.78, 5) is 13.4. The van der Waals surface area contributed by atoms with E-state index in [4.69, 9.17) is 8.83 Å². The van der Waals surface area contributed by atoms with Crippen LogP contribution in [0.2, 0.25) is 0 Å². The molecule has 5 heterocycles. The van der Waals surface area contributed by atoms with E-state index in [-0.39, 0.29) is 0 Å². The number of aromatic nitrogens is 2. The van der Waals surface area contributed by atoms with Crippen molar-refractivity contribution in [2.45, 2.75) is 0 Å². The molecule has 6 nitrogen and oxygen atoms in total. The zero-order valence-corrected chi connectivity index (χ0v) is 31.2. The van der Waals surface area contributed by atoms with Gasteiger partial charge in [-0.1, -0.05) is 66.7 Å². The molecule has 0 aliphatic heterocycles. The standard InChI is InChI=1S/C50H30N4O2S/c1-2-10-39-36(7-1)43(54(32-21-25-52-26-22-32)34-15-18-47-42(28-34)38-9-4-6-12-45(38)56-47)30-49-50(39)40-16-13-35(29-48(40)57-49)53(31-19-23-51-24-20-31)33-14-17-46-41(27-33)37-8-3-5-11-44(37)55-46/h1-30H. The summed E-state index contributed by atoms with van der Waals surface area (Å²) in [7, 11) is 0. The van der Waals surface area contributed by atoms with E-state index < -0.39 is 0 Å². The minimum atomic E-state index is 0.870. The molecule has 0 aliphatic rings. The lowest BCUT2D eigenvalue weighted by atomic mass is 10.0. The maximum atomic E-state index is 6.24. The van der Waals surface area contributed by atoms with Crippen LogP contribution >= 0.6 is 11.3 Å². The normalized spacial score (nSPS) is 11.9. The molecule has 7 heteroatoms. The molecule has 0 saturated carbocycles. The maximum absolute atomic E-state index is 6.24. The molecule has 268 valence electrons. The predicted molar refractivity (Wildman–Crippen MR) is 236 cm³/mol. The van der Waals surface area contributed by atoms with E-state index in [1.807, 2.05) is 60.4 Å². The first kappa shape index (κ1) is 31.8. The van der Waals surface area contributed by atoms with Crippen molar-refractivity contribution in [2.24, 2.45) is 0 Å². The molecule has 0 amide bonds. The Kier molecular flexibility index (Phi) is 7.00. The number of anilines is 6. The van der Waals surface area contributed by atoms with Crippen molar-refractivity contribution in [1.29, 1.82) is 0 Å². The number of rotatable bonds is 6. The number of fused-ring (bicyclic) bond motifs is 11. The Labute approximate surface area is 330 Å². The molecule has 0 spiro atoms. The van der Waals surface area contributed by atoms with Crippen molar-refractivity contribution in [3.8, 4) is 0 Å². The summed E-state index contributed by atoms with van der Waals surface area (Å²) in [5.41, 5.74) is 9.82. The second-order valence-electron chi connectivity index (χ2n) is 14.2. The summed E-state index contributed by atoms with van der Waals surface area (Å²) in [6.45, 7) is 0. The van der Waals surface area contributed by atoms with Crippen molar-refractivity contribution in [2.75, 3.05) is 9.80 Å². The monoisotopic (exact) mass is 750 g/mol. The lowest BCUT2D eigenvalue weighted by molar-refractivity contribution is 0.668. The van der Waals surface area contributed by atoms with Crippen molar-refractivity contribution in [1.82, 2.24) is 9.97 Å². The van der Waals surface area contributed by atoms with E-state index in [0.717, 1.165) is 78.0 Å². The molecule has 57 heavy (non-hydrogen) atoms. The molecule has 0 unspecified atom stereocenters. The highest BCUT2D eigenvalue weighted by atomic mass is 32.1. The fourth-order valence-corrected chi connectivity index (χ4v) is 9.69. The second kappa shape index (κ2) is 12.5. The molecule has 7 aromatic carbocycles. The zero-order chi connectivity index (χ0) is 37.5. The van der Waals surface area contributed by atoms with E-state index in [0.29, 0.717) is 0 Å². The van der Waals surface area contributed by atoms with Crippen molar-refractivity contribution < 1.29 is 8.83 Å². The number of para-hydroxylation sites is 2. The summed E-state index contributed by atoms with van der Waals surface area (Å²) in [5, 5.41) is 9.24. The summed E-state index contributed by atoms with van der Waals surface area (Å²) in [6, 6.07) is 55.6. The fraction of sp³-hybridized carbons (Fsp3) is 0. The van der Waals surface area contributed by atoms with E-state index in [2.05, 4.69) is 153 Å². The van der Waals surface area contributed by atoms with Gasteiger partial charge in [-0.25, -0.2) is 0 Å². The number of nitrogens with zero attached hydrogens (tertiary/aromatic N) is 4. The van der Waals surface area contributed by atoms with E-state index in [1.54, 1.807) is 0 Å². The topological polar surface area (TPSA) is 58.5 Å². The highest BCUT2D eigenvalue weighted by Gasteiger charge is 2.22. The van der Waals surface area contributed by atoms with Crippen LogP contribution in [0.3, 0.4) is 0 Å². The molecule has 0 aliphatic carbocycles. The molecular weight excluding hydrogens is 721 g/mol. The van der Waals surface area contributed by atoms with E-state index >= 15 is 0 Å². The number of furan rings is 2. The summed E-state index contributed by atoms with van der Waals surface area (Å²) < 4.78 is 14.9. The van der Waals surface area contributed by atoms with Crippen LogP contribution in [-0.4, -0.2) is 9.97 Å². The number of thiophene rings is 1. The Balaban J connectivity index is 1.06. The van der Waals surface area contributed by atoms with Gasteiger partial charge in [-0.05, 0) is 96.4 Å². The number of hydrogen-bond acceptors (Lipinski definition) is 7. The van der Waals surface area contributed by atoms with Crippen LogP contribution in [0.25, 0.3) is 74.8 Å². The summed E-state index contributed by atoms with van der Waals surface area (Å²) >= 11 is 1.82. The van der Waals surface area contributed by atoms with Gasteiger partial charge in [0.1, 0.15) is 22.3 Å². The average molecular weight is 751 g/mol. The average Bonchev–Trinajstić information content (AvgIpc) is 3.95. The van der Waals surface area contributed by atoms with Gasteiger partial charge in [0.2, 0.25) is 0 Å². The van der Waals surface area contributed by atoms with Crippen molar-refractivity contribution >= 4 is 120 Å². The molecule has 0 N–H and O–H groups in total. The van der Waals surface area contributed by atoms with Gasteiger partial charge in [0, 0.05) is 100 Å². The molecule has 0 fully saturated rings. The Morgan fingerprint density at radius 1 is 0.351 bits per heavy atom. The lowest BCUT2D eigenvalue weighted by Crippen LogP contribution is -2.10. The van der Waals surface area contributed by atoms with Crippen LogP contribution in [0.5, 0.6) is 0 Å². The van der Waals surface area contributed by atoms with Crippen molar-refractivity contribution in [3.63, 3.8) is 0 Å². The SMILES string of the molecule is c1ccc2c(c1)oc1ccc(N(c3ccncc3)c3ccc4c(c3)sc3cc(N(c5ccncc5)c5ccc6oc7ccccc7c6c5)c5ccccc5c34)cc12. The largest absolute Gasteiger partial charge is 0.456 e. The minimum Gasteiger partial charge on any atom is -0.456 e. The van der Waals surface area contributed by atoms with Gasteiger partial charge >= 0.3 is 0 Å². The van der Waals surface area contributed by atoms with Gasteiger partial charge in [-0.2, -0.15) is 0 Å². The van der Waals surface area contributed by atoms with Gasteiger partial charge in [0.05, 0.1) is 5.69 Å². The molecule has 0 radical (unpaired) electrons. The molecule has 12 aromatic rings. The van der Waals surface area contributed by atoms with E-state index in [1.165, 1.54) is 30.9 Å². The smallest absolute Gasteiger partial charge is 0.135 e. The number of hydrogen-bond donors (Lipinski definition) is 0. The second-order valence-corrected chi connectivity index (χ2v) is 15.3. The Morgan fingerprint density at radius 3 is 1.47 bits per heavy atom. The van der Waals surface area contributed by atoms with Gasteiger partial charge in [-0.3, -0.25) is 9.97 Å². The third-order valence-corrected chi connectivity index (χ3v) is 12.1. The predicted octanol–water partition coefficient (Wildman–Crippen LogP) is 14.7. The summed E-state index contributed by atoms with van der Waals surface area (Å²) in [5.74, 6) is 0. The van der Waals surface area contributed by atoms with Gasteiger partial charge in [0.25, 0.3) is 0 Å². The lowest BCUT2D eigenvalue weighted by Gasteiger charge is -2.27. The number of pyridine rings is 2. The molecule has 0 saturated heterocycles. The fourth-order valence-electron chi connectivity index (χ4n) is 8.50. The summed E-state index contributed by atoms with van der Waals surface area (Å²) in [6.07, 6.45) is 7.41. The Bertz CT molecular complexity index is 3500. The van der Waals surface area contributed by atoms with Crippen LogP contribution in [0.4, 0.5) is 34.1 Å². The quantitative estimate of drug-likeness (QED) is 0.169. The van der Waals surface area contributed by atoms with Gasteiger partial charge in [0.15, 0.2) is 0 Å². The first-order chi connectivity index (χ1) is 28.2. The first-order valence-electron chi connectivity index (χ1n) is 18.9. The highest BCUT2D eigenvalue weighted by molar-refractivity contribution is 7.26. The zero-order valence-electron chi connectivity index (χ0n) is 30.3. The van der Waals surface area contributed by atoms with Crippen LogP contribution < -0.4 is 9.80 Å². The third kappa shape index (κ3) is 5.03. The Morgan fingerprint density at radius 2 is 0.842 bits per heavy atom. The number of benzene rings is 7. The van der Waals surface area contributed by atoms with E-state index in [9.17, 15) is 0 Å². The highest BCUT2D eigenvalue weighted by Crippen LogP contribution is 2.48. The van der Waals surface area contributed by atoms with Crippen molar-refractivity contribution in [3.05, 3.63) is 183 Å². The van der Waals surface area contributed by atoms with Crippen LogP contribution in [0.15, 0.2) is 191 Å². The molecule has 12 rings (SSSR count). The molecule has 0 atom stereocenters. The Hall–Kier alpha value is -7.48. The molecular formula is C50H30N4O2S. The first-order valence-corrected chi connectivity index (χ1v) is 19.7. The van der Waals surface area contributed by atoms with Gasteiger partial charge < -0.3 is 18.6 Å². The third-order valence-electron chi connectivity index (χ3n) is 11.0.